The molecule has 3 nitrogen and oxygen atoms in total. The van der Waals surface area contributed by atoms with E-state index < -0.39 is 0 Å². The Morgan fingerprint density at radius 2 is 1.88 bits per heavy atom. The Bertz CT molecular complexity index is 641. The molecule has 3 aromatic rings. The summed E-state index contributed by atoms with van der Waals surface area (Å²) in [7, 11) is 0. The third kappa shape index (κ3) is 1.87. The fourth-order valence-electron chi connectivity index (χ4n) is 1.99. The molecule has 0 aliphatic heterocycles. The minimum atomic E-state index is 0.752. The predicted molar refractivity (Wildman–Crippen MR) is 69.7 cm³/mol. The zero-order valence-electron chi connectivity index (χ0n) is 9.38. The van der Waals surface area contributed by atoms with Gasteiger partial charge in [-0.2, -0.15) is 0 Å². The molecular weight excluding hydrogens is 210 g/mol. The van der Waals surface area contributed by atoms with Crippen molar-refractivity contribution in [1.82, 2.24) is 9.55 Å². The largest absolute Gasteiger partial charge is 0.399 e. The fraction of sp³-hybridized carbons (Fsp3) is 0.0714. The monoisotopic (exact) mass is 223 g/mol. The van der Waals surface area contributed by atoms with Crippen LogP contribution in [0, 0.1) is 0 Å². The lowest BCUT2D eigenvalue weighted by atomic mass is 10.2. The maximum Gasteiger partial charge on any atom is 0.0961 e. The molecule has 0 radical (unpaired) electrons. The van der Waals surface area contributed by atoms with Crippen LogP contribution < -0.4 is 5.73 Å². The van der Waals surface area contributed by atoms with Crippen LogP contribution in [0.4, 0.5) is 5.69 Å². The highest BCUT2D eigenvalue weighted by atomic mass is 15.0. The van der Waals surface area contributed by atoms with Gasteiger partial charge in [-0.15, -0.1) is 0 Å². The van der Waals surface area contributed by atoms with E-state index >= 15 is 0 Å². The van der Waals surface area contributed by atoms with Gasteiger partial charge in [0.1, 0.15) is 0 Å². The van der Waals surface area contributed by atoms with Crippen LogP contribution in [-0.2, 0) is 6.54 Å². The first kappa shape index (κ1) is 9.90. The number of anilines is 1. The Morgan fingerprint density at radius 3 is 2.71 bits per heavy atom. The molecule has 3 rings (SSSR count). The third-order valence-electron chi connectivity index (χ3n) is 2.84. The fourth-order valence-corrected chi connectivity index (χ4v) is 1.99. The molecule has 0 fully saturated rings. The molecule has 2 aromatic carbocycles. The average Bonchev–Trinajstić information content (AvgIpc) is 2.73. The van der Waals surface area contributed by atoms with Crippen molar-refractivity contribution < 1.29 is 0 Å². The summed E-state index contributed by atoms with van der Waals surface area (Å²) < 4.78 is 2.13. The van der Waals surface area contributed by atoms with Gasteiger partial charge in [0.2, 0.25) is 0 Å². The number of hydrogen-bond acceptors (Lipinski definition) is 2. The lowest BCUT2D eigenvalue weighted by molar-refractivity contribution is 0.824. The predicted octanol–water partition coefficient (Wildman–Crippen LogP) is 2.67. The van der Waals surface area contributed by atoms with Crippen LogP contribution >= 0.6 is 0 Å². The number of aromatic nitrogens is 2. The SMILES string of the molecule is Nc1ccc2c(c1)ncn2Cc1ccccc1. The first-order valence-corrected chi connectivity index (χ1v) is 5.57. The number of fused-ring (bicyclic) bond motifs is 1. The Labute approximate surface area is 99.5 Å². The van der Waals surface area contributed by atoms with E-state index in [4.69, 9.17) is 5.73 Å². The molecule has 1 heterocycles. The van der Waals surface area contributed by atoms with E-state index in [-0.39, 0.29) is 0 Å². The molecule has 0 atom stereocenters. The summed E-state index contributed by atoms with van der Waals surface area (Å²) in [4.78, 5) is 4.36. The van der Waals surface area contributed by atoms with E-state index in [9.17, 15) is 0 Å². The normalized spacial score (nSPS) is 10.8. The van der Waals surface area contributed by atoms with Crippen LogP contribution in [0.2, 0.25) is 0 Å². The Hall–Kier alpha value is -2.29. The summed E-state index contributed by atoms with van der Waals surface area (Å²) in [5.41, 5.74) is 9.82. The Kier molecular flexibility index (Phi) is 2.29. The molecule has 0 aliphatic rings. The van der Waals surface area contributed by atoms with Gasteiger partial charge in [-0.05, 0) is 23.8 Å². The van der Waals surface area contributed by atoms with E-state index in [0.717, 1.165) is 23.3 Å². The number of nitrogen functional groups attached to an aromatic ring is 1. The number of rotatable bonds is 2. The van der Waals surface area contributed by atoms with Crippen LogP contribution in [0.5, 0.6) is 0 Å². The second-order valence-corrected chi connectivity index (χ2v) is 4.11. The highest BCUT2D eigenvalue weighted by Crippen LogP contribution is 2.17. The summed E-state index contributed by atoms with van der Waals surface area (Å²) in [6, 6.07) is 16.2. The van der Waals surface area contributed by atoms with Crippen LogP contribution in [-0.4, -0.2) is 9.55 Å². The highest BCUT2D eigenvalue weighted by Gasteiger charge is 2.02. The second kappa shape index (κ2) is 3.94. The van der Waals surface area contributed by atoms with Gasteiger partial charge < -0.3 is 10.3 Å². The van der Waals surface area contributed by atoms with Gasteiger partial charge in [0.05, 0.1) is 17.4 Å². The van der Waals surface area contributed by atoms with Crippen molar-refractivity contribution in [2.45, 2.75) is 6.54 Å². The standard InChI is InChI=1S/C14H13N3/c15-12-6-7-14-13(8-12)16-10-17(14)9-11-4-2-1-3-5-11/h1-8,10H,9,15H2. The van der Waals surface area contributed by atoms with Gasteiger partial charge in [0.25, 0.3) is 0 Å². The number of hydrogen-bond donors (Lipinski definition) is 1. The van der Waals surface area contributed by atoms with Crippen molar-refractivity contribution in [3.63, 3.8) is 0 Å². The smallest absolute Gasteiger partial charge is 0.0961 e. The molecule has 17 heavy (non-hydrogen) atoms. The molecule has 3 heteroatoms. The summed E-state index contributed by atoms with van der Waals surface area (Å²) in [5, 5.41) is 0. The summed E-state index contributed by atoms with van der Waals surface area (Å²) in [6.07, 6.45) is 1.86. The summed E-state index contributed by atoms with van der Waals surface area (Å²) >= 11 is 0. The Balaban J connectivity index is 2.01. The number of benzene rings is 2. The van der Waals surface area contributed by atoms with Crippen molar-refractivity contribution >= 4 is 16.7 Å². The van der Waals surface area contributed by atoms with Crippen LogP contribution in [0.1, 0.15) is 5.56 Å². The quantitative estimate of drug-likeness (QED) is 0.679. The van der Waals surface area contributed by atoms with E-state index in [0.29, 0.717) is 0 Å². The van der Waals surface area contributed by atoms with Gasteiger partial charge in [-0.3, -0.25) is 0 Å². The zero-order valence-corrected chi connectivity index (χ0v) is 9.38. The van der Waals surface area contributed by atoms with E-state index in [1.807, 2.05) is 42.7 Å². The maximum absolute atomic E-state index is 5.74. The van der Waals surface area contributed by atoms with Gasteiger partial charge >= 0.3 is 0 Å². The lowest BCUT2D eigenvalue weighted by Crippen LogP contribution is -1.97. The number of nitrogens with zero attached hydrogens (tertiary/aromatic N) is 2. The Morgan fingerprint density at radius 1 is 1.06 bits per heavy atom. The molecule has 0 amide bonds. The number of imidazole rings is 1. The van der Waals surface area contributed by atoms with E-state index in [1.54, 1.807) is 0 Å². The van der Waals surface area contributed by atoms with Crippen molar-refractivity contribution in [3.8, 4) is 0 Å². The van der Waals surface area contributed by atoms with Crippen molar-refractivity contribution in [2.75, 3.05) is 5.73 Å². The molecule has 2 N–H and O–H groups in total. The van der Waals surface area contributed by atoms with Gasteiger partial charge in [0, 0.05) is 12.2 Å². The van der Waals surface area contributed by atoms with Crippen LogP contribution in [0.15, 0.2) is 54.9 Å². The molecular formula is C14H13N3. The van der Waals surface area contributed by atoms with Gasteiger partial charge in [-0.1, -0.05) is 30.3 Å². The molecule has 0 spiro atoms. The molecule has 0 unspecified atom stereocenters. The molecule has 0 saturated carbocycles. The van der Waals surface area contributed by atoms with Crippen LogP contribution in [0.25, 0.3) is 11.0 Å². The molecule has 84 valence electrons. The average molecular weight is 223 g/mol. The lowest BCUT2D eigenvalue weighted by Gasteiger charge is -2.04. The topological polar surface area (TPSA) is 43.8 Å². The molecule has 1 aromatic heterocycles. The minimum absolute atomic E-state index is 0.752. The minimum Gasteiger partial charge on any atom is -0.399 e. The zero-order chi connectivity index (χ0) is 11.7. The van der Waals surface area contributed by atoms with Crippen molar-refractivity contribution in [3.05, 3.63) is 60.4 Å². The second-order valence-electron chi connectivity index (χ2n) is 4.11. The number of nitrogens with two attached hydrogens (primary N) is 1. The van der Waals surface area contributed by atoms with E-state index in [2.05, 4.69) is 21.7 Å². The molecule has 0 aliphatic carbocycles. The van der Waals surface area contributed by atoms with E-state index in [1.165, 1.54) is 5.56 Å². The third-order valence-corrected chi connectivity index (χ3v) is 2.84. The van der Waals surface area contributed by atoms with Gasteiger partial charge in [-0.25, -0.2) is 4.98 Å². The van der Waals surface area contributed by atoms with Crippen molar-refractivity contribution in [1.29, 1.82) is 0 Å². The molecule has 0 bridgehead atoms. The summed E-state index contributed by atoms with van der Waals surface area (Å²) in [5.74, 6) is 0. The first-order chi connectivity index (χ1) is 8.33. The maximum atomic E-state index is 5.74. The van der Waals surface area contributed by atoms with Crippen molar-refractivity contribution in [2.24, 2.45) is 0 Å². The molecule has 0 saturated heterocycles. The van der Waals surface area contributed by atoms with Crippen LogP contribution in [0.3, 0.4) is 0 Å². The summed E-state index contributed by atoms with van der Waals surface area (Å²) in [6.45, 7) is 0.835. The highest BCUT2D eigenvalue weighted by molar-refractivity contribution is 5.79. The first-order valence-electron chi connectivity index (χ1n) is 5.57. The van der Waals surface area contributed by atoms with Gasteiger partial charge in [0.15, 0.2) is 0 Å².